The second-order valence-corrected chi connectivity index (χ2v) is 8.15. The maximum absolute atomic E-state index is 12.4. The number of aromatic nitrogens is 4. The van der Waals surface area contributed by atoms with Crippen LogP contribution < -0.4 is 10.1 Å². The van der Waals surface area contributed by atoms with Crippen LogP contribution in [-0.4, -0.2) is 38.0 Å². The lowest BCUT2D eigenvalue weighted by atomic mass is 10.2. The lowest BCUT2D eigenvalue weighted by Crippen LogP contribution is -2.24. The molecular formula is C24H21F2N5O2S. The van der Waals surface area contributed by atoms with E-state index in [2.05, 4.69) is 25.2 Å². The quantitative estimate of drug-likeness (QED) is 0.338. The predicted molar refractivity (Wildman–Crippen MR) is 124 cm³/mol. The minimum Gasteiger partial charge on any atom is -0.435 e. The number of amides is 1. The molecule has 2 aromatic heterocycles. The average Bonchev–Trinajstić information content (AvgIpc) is 3.25. The third-order valence-electron chi connectivity index (χ3n) is 4.79. The summed E-state index contributed by atoms with van der Waals surface area (Å²) in [7, 11) is 0. The van der Waals surface area contributed by atoms with E-state index < -0.39 is 6.61 Å². The molecule has 0 aliphatic heterocycles. The fourth-order valence-corrected chi connectivity index (χ4v) is 3.95. The zero-order valence-electron chi connectivity index (χ0n) is 18.0. The number of halogens is 2. The number of rotatable bonds is 10. The molecule has 10 heteroatoms. The molecule has 1 amide bonds. The molecule has 0 aliphatic carbocycles. The number of benzene rings is 2. The van der Waals surface area contributed by atoms with Crippen molar-refractivity contribution in [1.82, 2.24) is 25.1 Å². The first kappa shape index (κ1) is 23.4. The van der Waals surface area contributed by atoms with Crippen molar-refractivity contribution in [3.63, 3.8) is 0 Å². The smallest absolute Gasteiger partial charge is 0.387 e. The minimum atomic E-state index is -2.87. The van der Waals surface area contributed by atoms with Crippen LogP contribution in [0.3, 0.4) is 0 Å². The molecule has 7 nitrogen and oxygen atoms in total. The lowest BCUT2D eigenvalue weighted by Gasteiger charge is -2.11. The van der Waals surface area contributed by atoms with E-state index in [9.17, 15) is 13.6 Å². The number of hydrogen-bond donors (Lipinski definition) is 1. The molecule has 4 rings (SSSR count). The number of ether oxygens (including phenoxy) is 1. The minimum absolute atomic E-state index is 0.0720. The molecule has 34 heavy (non-hydrogen) atoms. The summed E-state index contributed by atoms with van der Waals surface area (Å²) < 4.78 is 30.8. The predicted octanol–water partition coefficient (Wildman–Crippen LogP) is 4.40. The Bertz CT molecular complexity index is 1210. The van der Waals surface area contributed by atoms with Crippen molar-refractivity contribution in [2.75, 3.05) is 5.75 Å². The zero-order valence-corrected chi connectivity index (χ0v) is 18.8. The van der Waals surface area contributed by atoms with Crippen LogP contribution in [-0.2, 0) is 17.9 Å². The number of alkyl halides is 2. The number of pyridine rings is 1. The Morgan fingerprint density at radius 2 is 1.79 bits per heavy atom. The van der Waals surface area contributed by atoms with Crippen molar-refractivity contribution < 1.29 is 18.3 Å². The first-order valence-corrected chi connectivity index (χ1v) is 11.4. The van der Waals surface area contributed by atoms with Gasteiger partial charge in [0, 0.05) is 24.5 Å². The van der Waals surface area contributed by atoms with Gasteiger partial charge in [0.15, 0.2) is 11.0 Å². The third-order valence-corrected chi connectivity index (χ3v) is 5.76. The Kier molecular flexibility index (Phi) is 7.82. The van der Waals surface area contributed by atoms with Gasteiger partial charge < -0.3 is 10.1 Å². The Hall–Kier alpha value is -3.79. The van der Waals surface area contributed by atoms with Crippen LogP contribution in [0, 0.1) is 0 Å². The lowest BCUT2D eigenvalue weighted by molar-refractivity contribution is -0.118. The molecule has 4 aromatic rings. The van der Waals surface area contributed by atoms with Gasteiger partial charge in [-0.1, -0.05) is 54.2 Å². The van der Waals surface area contributed by atoms with Crippen LogP contribution in [0.15, 0.2) is 84.3 Å². The van der Waals surface area contributed by atoms with Gasteiger partial charge in [0.1, 0.15) is 5.75 Å². The van der Waals surface area contributed by atoms with Gasteiger partial charge in [-0.25, -0.2) is 0 Å². The van der Waals surface area contributed by atoms with Gasteiger partial charge in [0.05, 0.1) is 12.3 Å². The molecule has 1 N–H and O–H groups in total. The summed E-state index contributed by atoms with van der Waals surface area (Å²) in [5, 5.41) is 12.1. The van der Waals surface area contributed by atoms with Crippen LogP contribution in [0.1, 0.15) is 11.1 Å². The maximum Gasteiger partial charge on any atom is 0.387 e. The maximum atomic E-state index is 12.4. The molecule has 2 heterocycles. The molecular weight excluding hydrogens is 460 g/mol. The molecule has 0 spiro atoms. The molecule has 0 aliphatic rings. The topological polar surface area (TPSA) is 81.9 Å². The first-order chi connectivity index (χ1) is 16.6. The fraction of sp³-hybridized carbons (Fsp3) is 0.167. The van der Waals surface area contributed by atoms with Crippen LogP contribution in [0.4, 0.5) is 8.78 Å². The van der Waals surface area contributed by atoms with E-state index in [1.165, 1.54) is 23.9 Å². The van der Waals surface area contributed by atoms with Crippen molar-refractivity contribution in [3.8, 4) is 17.1 Å². The van der Waals surface area contributed by atoms with Gasteiger partial charge in [-0.05, 0) is 35.4 Å². The van der Waals surface area contributed by atoms with Gasteiger partial charge >= 0.3 is 6.61 Å². The summed E-state index contributed by atoms with van der Waals surface area (Å²) >= 11 is 1.29. The third kappa shape index (κ3) is 6.38. The van der Waals surface area contributed by atoms with Gasteiger partial charge in [0.2, 0.25) is 5.91 Å². The number of carbonyl (C=O) groups is 1. The highest BCUT2D eigenvalue weighted by Gasteiger charge is 2.16. The fourth-order valence-electron chi connectivity index (χ4n) is 3.18. The van der Waals surface area contributed by atoms with Crippen molar-refractivity contribution in [3.05, 3.63) is 90.3 Å². The summed E-state index contributed by atoms with van der Waals surface area (Å²) in [6.07, 6.45) is 3.42. The molecule has 0 saturated heterocycles. The van der Waals surface area contributed by atoms with Crippen molar-refractivity contribution >= 4 is 17.7 Å². The molecule has 0 unspecified atom stereocenters. The van der Waals surface area contributed by atoms with Crippen LogP contribution in [0.2, 0.25) is 0 Å². The second kappa shape index (κ2) is 11.4. The standard InChI is InChI=1S/C24H21F2N5O2S/c25-23(26)33-20-10-8-17(9-11-20)13-28-21(32)16-34-24-30-29-22(19-7-4-12-27-14-19)31(24)15-18-5-2-1-3-6-18/h1-12,14,23H,13,15-16H2,(H,28,32). The molecule has 2 aromatic carbocycles. The van der Waals surface area contributed by atoms with Crippen molar-refractivity contribution in [2.24, 2.45) is 0 Å². The van der Waals surface area contributed by atoms with Gasteiger partial charge in [-0.15, -0.1) is 10.2 Å². The van der Waals surface area contributed by atoms with E-state index >= 15 is 0 Å². The largest absolute Gasteiger partial charge is 0.435 e. The Morgan fingerprint density at radius 3 is 2.50 bits per heavy atom. The number of nitrogens with one attached hydrogen (secondary N) is 1. The van der Waals surface area contributed by atoms with Crippen molar-refractivity contribution in [2.45, 2.75) is 24.9 Å². The first-order valence-electron chi connectivity index (χ1n) is 10.4. The Labute approximate surface area is 199 Å². The van der Waals surface area contributed by atoms with E-state index in [0.717, 1.165) is 16.7 Å². The summed E-state index contributed by atoms with van der Waals surface area (Å²) in [4.78, 5) is 16.6. The number of hydrogen-bond acceptors (Lipinski definition) is 6. The number of carbonyl (C=O) groups excluding carboxylic acids is 1. The average molecular weight is 482 g/mol. The van der Waals surface area contributed by atoms with Gasteiger partial charge in [0.25, 0.3) is 0 Å². The van der Waals surface area contributed by atoms with E-state index in [0.29, 0.717) is 17.5 Å². The second-order valence-electron chi connectivity index (χ2n) is 7.21. The highest BCUT2D eigenvalue weighted by atomic mass is 32.2. The van der Waals surface area contributed by atoms with Gasteiger partial charge in [-0.3, -0.25) is 14.3 Å². The summed E-state index contributed by atoms with van der Waals surface area (Å²) in [5.74, 6) is 0.705. The molecule has 174 valence electrons. The highest BCUT2D eigenvalue weighted by Crippen LogP contribution is 2.24. The Balaban J connectivity index is 1.40. The molecule has 0 atom stereocenters. The number of thioether (sulfide) groups is 1. The molecule has 0 fully saturated rings. The summed E-state index contributed by atoms with van der Waals surface area (Å²) in [5.41, 5.74) is 2.69. The normalized spacial score (nSPS) is 10.9. The summed E-state index contributed by atoms with van der Waals surface area (Å²) in [6.45, 7) is -2.05. The van der Waals surface area contributed by atoms with Crippen LogP contribution >= 0.6 is 11.8 Å². The van der Waals surface area contributed by atoms with E-state index in [4.69, 9.17) is 0 Å². The SMILES string of the molecule is O=C(CSc1nnc(-c2cccnc2)n1Cc1ccccc1)NCc1ccc(OC(F)F)cc1. The highest BCUT2D eigenvalue weighted by molar-refractivity contribution is 7.99. The zero-order chi connectivity index (χ0) is 23.8. The summed E-state index contributed by atoms with van der Waals surface area (Å²) in [6, 6.07) is 19.8. The van der Waals surface area contributed by atoms with Gasteiger partial charge in [-0.2, -0.15) is 8.78 Å². The van der Waals surface area contributed by atoms with E-state index in [1.807, 2.05) is 47.0 Å². The van der Waals surface area contributed by atoms with E-state index in [-0.39, 0.29) is 24.0 Å². The molecule has 0 bridgehead atoms. The van der Waals surface area contributed by atoms with E-state index in [1.54, 1.807) is 24.5 Å². The van der Waals surface area contributed by atoms with Crippen LogP contribution in [0.5, 0.6) is 5.75 Å². The Morgan fingerprint density at radius 1 is 1.00 bits per heavy atom. The molecule has 0 radical (unpaired) electrons. The van der Waals surface area contributed by atoms with Crippen molar-refractivity contribution in [1.29, 1.82) is 0 Å². The monoisotopic (exact) mass is 481 g/mol. The van der Waals surface area contributed by atoms with Crippen LogP contribution in [0.25, 0.3) is 11.4 Å². The number of nitrogens with zero attached hydrogens (tertiary/aromatic N) is 4. The molecule has 0 saturated carbocycles.